The topological polar surface area (TPSA) is 62.0 Å². The first-order chi connectivity index (χ1) is 8.18. The zero-order valence-corrected chi connectivity index (χ0v) is 9.36. The van der Waals surface area contributed by atoms with E-state index < -0.39 is 11.7 Å². The fourth-order valence-electron chi connectivity index (χ4n) is 1.49. The first-order valence-corrected chi connectivity index (χ1v) is 5.23. The van der Waals surface area contributed by atoms with Gasteiger partial charge in [-0.2, -0.15) is 0 Å². The highest BCUT2D eigenvalue weighted by atomic mass is 16.2. The molecule has 1 aromatic heterocycles. The van der Waals surface area contributed by atoms with E-state index >= 15 is 0 Å². The van der Waals surface area contributed by atoms with Crippen LogP contribution in [0.5, 0.6) is 0 Å². The van der Waals surface area contributed by atoms with Gasteiger partial charge in [0.05, 0.1) is 5.69 Å². The summed E-state index contributed by atoms with van der Waals surface area (Å²) in [4.78, 5) is 26.1. The van der Waals surface area contributed by atoms with Crippen LogP contribution < -0.4 is 5.32 Å². The number of hydrogen-bond donors (Lipinski definition) is 2. The molecule has 1 amide bonds. The number of anilines is 1. The van der Waals surface area contributed by atoms with Gasteiger partial charge < -0.3 is 10.3 Å². The summed E-state index contributed by atoms with van der Waals surface area (Å²) in [6, 6.07) is 10.6. The van der Waals surface area contributed by atoms with E-state index in [4.69, 9.17) is 0 Å². The number of Topliss-reactive ketones (excluding diaryl/α,β-unsaturated/α-hetero) is 1. The number of benzene rings is 1. The number of nitrogens with one attached hydrogen (secondary N) is 2. The van der Waals surface area contributed by atoms with Gasteiger partial charge in [0, 0.05) is 11.9 Å². The van der Waals surface area contributed by atoms with Crippen molar-refractivity contribution in [3.05, 3.63) is 53.9 Å². The summed E-state index contributed by atoms with van der Waals surface area (Å²) in [7, 11) is 0. The van der Waals surface area contributed by atoms with Crippen molar-refractivity contribution < 1.29 is 9.59 Å². The second-order valence-corrected chi connectivity index (χ2v) is 3.68. The third kappa shape index (κ3) is 2.42. The van der Waals surface area contributed by atoms with Gasteiger partial charge in [0.25, 0.3) is 11.7 Å². The Morgan fingerprint density at radius 2 is 1.88 bits per heavy atom. The number of aromatic nitrogens is 1. The highest BCUT2D eigenvalue weighted by molar-refractivity contribution is 6.46. The molecule has 0 bridgehead atoms. The van der Waals surface area contributed by atoms with E-state index in [1.54, 1.807) is 24.4 Å². The van der Waals surface area contributed by atoms with Crippen molar-refractivity contribution in [3.63, 3.8) is 0 Å². The van der Waals surface area contributed by atoms with Gasteiger partial charge in [-0.15, -0.1) is 0 Å². The molecule has 2 aromatic rings. The van der Waals surface area contributed by atoms with Gasteiger partial charge >= 0.3 is 0 Å². The van der Waals surface area contributed by atoms with Crippen LogP contribution in [-0.4, -0.2) is 16.7 Å². The van der Waals surface area contributed by atoms with Crippen molar-refractivity contribution in [1.82, 2.24) is 4.98 Å². The molecule has 0 aliphatic heterocycles. The molecular formula is C13H12N2O2. The van der Waals surface area contributed by atoms with Gasteiger partial charge in [0.15, 0.2) is 0 Å². The minimum absolute atomic E-state index is 0.288. The largest absolute Gasteiger partial charge is 0.358 e. The Labute approximate surface area is 98.7 Å². The van der Waals surface area contributed by atoms with Crippen LogP contribution in [-0.2, 0) is 4.79 Å². The Balaban J connectivity index is 2.13. The smallest absolute Gasteiger partial charge is 0.298 e. The lowest BCUT2D eigenvalue weighted by atomic mass is 10.2. The molecule has 2 N–H and O–H groups in total. The Morgan fingerprint density at radius 1 is 1.12 bits per heavy atom. The molecule has 4 nitrogen and oxygen atoms in total. The molecule has 4 heteroatoms. The first-order valence-electron chi connectivity index (χ1n) is 5.23. The molecule has 0 spiro atoms. The van der Waals surface area contributed by atoms with E-state index in [-0.39, 0.29) is 5.69 Å². The van der Waals surface area contributed by atoms with Gasteiger partial charge in [-0.3, -0.25) is 9.59 Å². The van der Waals surface area contributed by atoms with E-state index in [9.17, 15) is 9.59 Å². The van der Waals surface area contributed by atoms with Crippen molar-refractivity contribution in [2.45, 2.75) is 6.92 Å². The number of carbonyl (C=O) groups is 2. The van der Waals surface area contributed by atoms with Crippen LogP contribution in [0, 0.1) is 6.92 Å². The summed E-state index contributed by atoms with van der Waals surface area (Å²) in [6.45, 7) is 1.87. The quantitative estimate of drug-likeness (QED) is 0.624. The molecule has 1 heterocycles. The second kappa shape index (κ2) is 4.65. The highest BCUT2D eigenvalue weighted by Crippen LogP contribution is 2.13. The second-order valence-electron chi connectivity index (χ2n) is 3.68. The number of aromatic amines is 1. The zero-order chi connectivity index (χ0) is 12.3. The fourth-order valence-corrected chi connectivity index (χ4v) is 1.49. The Hall–Kier alpha value is -2.36. The lowest BCUT2D eigenvalue weighted by Gasteiger charge is -2.06. The molecule has 17 heavy (non-hydrogen) atoms. The van der Waals surface area contributed by atoms with E-state index in [2.05, 4.69) is 10.3 Å². The summed E-state index contributed by atoms with van der Waals surface area (Å²) in [6.07, 6.45) is 1.61. The van der Waals surface area contributed by atoms with Crippen molar-refractivity contribution in [3.8, 4) is 0 Å². The first kappa shape index (κ1) is 11.1. The lowest BCUT2D eigenvalue weighted by Crippen LogP contribution is -2.23. The molecule has 0 atom stereocenters. The number of H-pyrrole nitrogens is 1. The summed E-state index contributed by atoms with van der Waals surface area (Å²) in [5.74, 6) is -1.21. The van der Waals surface area contributed by atoms with Crippen LogP contribution in [0.1, 0.15) is 16.1 Å². The predicted molar refractivity (Wildman–Crippen MR) is 64.9 cm³/mol. The minimum Gasteiger partial charge on any atom is -0.358 e. The normalized spacial score (nSPS) is 9.94. The third-order valence-electron chi connectivity index (χ3n) is 2.44. The number of aryl methyl sites for hydroxylation is 1. The summed E-state index contributed by atoms with van der Waals surface area (Å²) in [5.41, 5.74) is 1.86. The SMILES string of the molecule is Cc1ccccc1NC(=O)C(=O)c1ccc[nH]1. The van der Waals surface area contributed by atoms with Gasteiger partial charge in [-0.05, 0) is 30.7 Å². The third-order valence-corrected chi connectivity index (χ3v) is 2.44. The predicted octanol–water partition coefficient (Wildman–Crippen LogP) is 2.14. The molecule has 86 valence electrons. The molecule has 1 aromatic carbocycles. The van der Waals surface area contributed by atoms with E-state index in [0.717, 1.165) is 5.56 Å². The monoisotopic (exact) mass is 228 g/mol. The van der Waals surface area contributed by atoms with Crippen molar-refractivity contribution in [1.29, 1.82) is 0 Å². The molecule has 0 saturated heterocycles. The van der Waals surface area contributed by atoms with Gasteiger partial charge in [-0.1, -0.05) is 18.2 Å². The van der Waals surface area contributed by atoms with Crippen LogP contribution >= 0.6 is 0 Å². The summed E-state index contributed by atoms with van der Waals surface area (Å²) >= 11 is 0. The lowest BCUT2D eigenvalue weighted by molar-refractivity contribution is -0.112. The van der Waals surface area contributed by atoms with Crippen LogP contribution in [0.25, 0.3) is 0 Å². The maximum absolute atomic E-state index is 11.7. The van der Waals surface area contributed by atoms with E-state index in [0.29, 0.717) is 5.69 Å². The van der Waals surface area contributed by atoms with Crippen LogP contribution in [0.15, 0.2) is 42.6 Å². The molecule has 0 fully saturated rings. The number of rotatable bonds is 3. The van der Waals surface area contributed by atoms with Crippen LogP contribution in [0.2, 0.25) is 0 Å². The van der Waals surface area contributed by atoms with Gasteiger partial charge in [0.1, 0.15) is 0 Å². The molecule has 0 aliphatic rings. The maximum Gasteiger partial charge on any atom is 0.298 e. The standard InChI is InChI=1S/C13H12N2O2/c1-9-5-2-3-6-10(9)15-13(17)12(16)11-7-4-8-14-11/h2-8,14H,1H3,(H,15,17). The van der Waals surface area contributed by atoms with Crippen LogP contribution in [0.4, 0.5) is 5.69 Å². The van der Waals surface area contributed by atoms with Gasteiger partial charge in [-0.25, -0.2) is 0 Å². The number of hydrogen-bond acceptors (Lipinski definition) is 2. The molecular weight excluding hydrogens is 216 g/mol. The molecule has 2 rings (SSSR count). The average Bonchev–Trinajstić information content (AvgIpc) is 2.84. The van der Waals surface area contributed by atoms with Gasteiger partial charge in [0.2, 0.25) is 0 Å². The zero-order valence-electron chi connectivity index (χ0n) is 9.36. The average molecular weight is 228 g/mol. The Bertz CT molecular complexity index is 544. The summed E-state index contributed by atoms with van der Waals surface area (Å²) in [5, 5.41) is 2.59. The molecule has 0 aliphatic carbocycles. The van der Waals surface area contributed by atoms with E-state index in [1.165, 1.54) is 0 Å². The van der Waals surface area contributed by atoms with Crippen molar-refractivity contribution >= 4 is 17.4 Å². The maximum atomic E-state index is 11.7. The van der Waals surface area contributed by atoms with Crippen LogP contribution in [0.3, 0.4) is 0 Å². The van der Waals surface area contributed by atoms with Crippen molar-refractivity contribution in [2.24, 2.45) is 0 Å². The summed E-state index contributed by atoms with van der Waals surface area (Å²) < 4.78 is 0. The number of amides is 1. The molecule has 0 unspecified atom stereocenters. The highest BCUT2D eigenvalue weighted by Gasteiger charge is 2.17. The van der Waals surface area contributed by atoms with Crippen molar-refractivity contribution in [2.75, 3.05) is 5.32 Å². The number of ketones is 1. The Kier molecular flexibility index (Phi) is 3.05. The van der Waals surface area contributed by atoms with E-state index in [1.807, 2.05) is 25.1 Å². The molecule has 0 radical (unpaired) electrons. The number of para-hydroxylation sites is 1. The Morgan fingerprint density at radius 3 is 2.53 bits per heavy atom. The molecule has 0 saturated carbocycles. The fraction of sp³-hybridized carbons (Fsp3) is 0.0769. The number of carbonyl (C=O) groups excluding carboxylic acids is 2. The minimum atomic E-state index is -0.637.